The first-order valence-corrected chi connectivity index (χ1v) is 9.54. The van der Waals surface area contributed by atoms with Crippen molar-refractivity contribution in [3.05, 3.63) is 33.2 Å². The normalized spacial score (nSPS) is 17.8. The van der Waals surface area contributed by atoms with Gasteiger partial charge in [0.05, 0.1) is 18.3 Å². The van der Waals surface area contributed by atoms with Crippen LogP contribution in [0.2, 0.25) is 0 Å². The van der Waals surface area contributed by atoms with Crippen LogP contribution < -0.4 is 5.56 Å². The number of aryl methyl sites for hydroxylation is 1. The number of thiazole rings is 1. The van der Waals surface area contributed by atoms with E-state index in [0.717, 1.165) is 41.0 Å². The summed E-state index contributed by atoms with van der Waals surface area (Å²) in [6.07, 6.45) is 2.31. The van der Waals surface area contributed by atoms with Crippen LogP contribution in [0.1, 0.15) is 24.2 Å². The molecule has 10 heteroatoms. The van der Waals surface area contributed by atoms with Gasteiger partial charge in [0.25, 0.3) is 5.56 Å². The van der Waals surface area contributed by atoms with Crippen molar-refractivity contribution in [2.75, 3.05) is 6.61 Å². The molecule has 3 aromatic heterocycles. The minimum atomic E-state index is -0.0479. The van der Waals surface area contributed by atoms with Crippen LogP contribution in [-0.4, -0.2) is 42.3 Å². The number of aromatic nitrogens is 6. The molecule has 24 heavy (non-hydrogen) atoms. The molecule has 0 radical (unpaired) electrons. The van der Waals surface area contributed by atoms with Crippen LogP contribution in [0.3, 0.4) is 0 Å². The summed E-state index contributed by atoms with van der Waals surface area (Å²) >= 11 is 2.95. The molecule has 126 valence electrons. The number of thioether (sulfide) groups is 1. The number of hydrogen-bond acceptors (Lipinski definition) is 8. The lowest BCUT2D eigenvalue weighted by molar-refractivity contribution is 0.0912. The van der Waals surface area contributed by atoms with Crippen LogP contribution >= 0.6 is 23.1 Å². The largest absolute Gasteiger partial charge is 0.376 e. The molecule has 8 nitrogen and oxygen atoms in total. The minimum absolute atomic E-state index is 0.0479. The zero-order chi connectivity index (χ0) is 16.5. The Morgan fingerprint density at radius 2 is 2.42 bits per heavy atom. The Morgan fingerprint density at radius 1 is 1.50 bits per heavy atom. The average Bonchev–Trinajstić information content (AvgIpc) is 3.28. The number of tetrazole rings is 1. The predicted molar refractivity (Wildman–Crippen MR) is 90.4 cm³/mol. The molecule has 3 aromatic rings. The van der Waals surface area contributed by atoms with Gasteiger partial charge in [-0.1, -0.05) is 11.8 Å². The molecule has 4 heterocycles. The van der Waals surface area contributed by atoms with E-state index < -0.39 is 0 Å². The van der Waals surface area contributed by atoms with Gasteiger partial charge < -0.3 is 4.74 Å². The van der Waals surface area contributed by atoms with E-state index in [2.05, 4.69) is 20.5 Å². The lowest BCUT2D eigenvalue weighted by Gasteiger charge is -2.09. The third-order valence-corrected chi connectivity index (χ3v) is 5.81. The summed E-state index contributed by atoms with van der Waals surface area (Å²) < 4.78 is 9.02. The molecule has 0 saturated carbocycles. The van der Waals surface area contributed by atoms with Gasteiger partial charge in [0, 0.05) is 29.5 Å². The molecule has 1 aliphatic rings. The second-order valence-electron chi connectivity index (χ2n) is 5.65. The van der Waals surface area contributed by atoms with E-state index in [9.17, 15) is 4.79 Å². The summed E-state index contributed by atoms with van der Waals surface area (Å²) in [4.78, 5) is 17.5. The van der Waals surface area contributed by atoms with Gasteiger partial charge >= 0.3 is 0 Å². The van der Waals surface area contributed by atoms with Gasteiger partial charge in [-0.25, -0.2) is 9.67 Å². The SMILES string of the molecule is Cc1csc2nc(CSc3nnnn3C[C@H]3CCCO3)cc(=O)n12. The van der Waals surface area contributed by atoms with E-state index in [-0.39, 0.29) is 11.7 Å². The van der Waals surface area contributed by atoms with E-state index in [1.54, 1.807) is 15.1 Å². The van der Waals surface area contributed by atoms with E-state index in [0.29, 0.717) is 12.3 Å². The van der Waals surface area contributed by atoms with Crippen molar-refractivity contribution in [1.82, 2.24) is 29.6 Å². The molecule has 1 fully saturated rings. The summed E-state index contributed by atoms with van der Waals surface area (Å²) in [6, 6.07) is 1.58. The minimum Gasteiger partial charge on any atom is -0.376 e. The number of ether oxygens (including phenoxy) is 1. The number of rotatable bonds is 5. The van der Waals surface area contributed by atoms with Crippen molar-refractivity contribution in [2.24, 2.45) is 0 Å². The van der Waals surface area contributed by atoms with Crippen LogP contribution in [0, 0.1) is 6.92 Å². The molecule has 0 unspecified atom stereocenters. The summed E-state index contributed by atoms with van der Waals surface area (Å²) in [5.74, 6) is 0.550. The molecular formula is C14H16N6O2S2. The summed E-state index contributed by atoms with van der Waals surface area (Å²) in [5.41, 5.74) is 1.60. The molecule has 1 saturated heterocycles. The fourth-order valence-electron chi connectivity index (χ4n) is 2.71. The Morgan fingerprint density at radius 3 is 3.25 bits per heavy atom. The first-order valence-electron chi connectivity index (χ1n) is 7.68. The molecule has 0 spiro atoms. The highest BCUT2D eigenvalue weighted by atomic mass is 32.2. The zero-order valence-corrected chi connectivity index (χ0v) is 14.7. The number of fused-ring (bicyclic) bond motifs is 1. The fourth-order valence-corrected chi connectivity index (χ4v) is 4.38. The molecule has 0 amide bonds. The predicted octanol–water partition coefficient (Wildman–Crippen LogP) is 1.52. The number of hydrogen-bond donors (Lipinski definition) is 0. The van der Waals surface area contributed by atoms with E-state index >= 15 is 0 Å². The van der Waals surface area contributed by atoms with Gasteiger partial charge in [-0.3, -0.25) is 9.20 Å². The van der Waals surface area contributed by atoms with Gasteiger partial charge in [-0.15, -0.1) is 16.4 Å². The molecule has 1 aliphatic heterocycles. The Bertz CT molecular complexity index is 912. The topological polar surface area (TPSA) is 87.2 Å². The zero-order valence-electron chi connectivity index (χ0n) is 13.1. The third-order valence-electron chi connectivity index (χ3n) is 3.88. The van der Waals surface area contributed by atoms with E-state index in [4.69, 9.17) is 4.74 Å². The maximum atomic E-state index is 12.2. The highest BCUT2D eigenvalue weighted by Crippen LogP contribution is 2.21. The van der Waals surface area contributed by atoms with Crippen LogP contribution in [0.15, 0.2) is 21.4 Å². The van der Waals surface area contributed by atoms with E-state index in [1.165, 1.54) is 23.1 Å². The molecule has 0 bridgehead atoms. The third kappa shape index (κ3) is 3.08. The van der Waals surface area contributed by atoms with E-state index in [1.807, 2.05) is 12.3 Å². The smallest absolute Gasteiger partial charge is 0.258 e. The first kappa shape index (κ1) is 15.7. The molecular weight excluding hydrogens is 348 g/mol. The Hall–Kier alpha value is -1.78. The van der Waals surface area contributed by atoms with Crippen molar-refractivity contribution in [3.63, 3.8) is 0 Å². The van der Waals surface area contributed by atoms with Gasteiger partial charge in [-0.05, 0) is 30.2 Å². The standard InChI is InChI=1S/C14H16N6O2S2/c1-9-7-23-13-15-10(5-12(21)20(9)13)8-24-14-16-17-18-19(14)6-11-3-2-4-22-11/h5,7,11H,2-4,6,8H2,1H3/t11-/m1/s1. The van der Waals surface area contributed by atoms with Crippen LogP contribution in [0.5, 0.6) is 0 Å². The van der Waals surface area contributed by atoms with Gasteiger partial charge in [0.15, 0.2) is 4.96 Å². The maximum absolute atomic E-state index is 12.2. The van der Waals surface area contributed by atoms with Crippen LogP contribution in [0.25, 0.3) is 4.96 Å². The fraction of sp³-hybridized carbons (Fsp3) is 0.500. The number of nitrogens with zero attached hydrogens (tertiary/aromatic N) is 6. The maximum Gasteiger partial charge on any atom is 0.258 e. The average molecular weight is 364 g/mol. The molecule has 4 rings (SSSR count). The second kappa shape index (κ2) is 6.61. The van der Waals surface area contributed by atoms with Crippen molar-refractivity contribution in [3.8, 4) is 0 Å². The molecule has 1 atom stereocenters. The Balaban J connectivity index is 1.49. The summed E-state index contributed by atoms with van der Waals surface area (Å²) in [6.45, 7) is 3.37. The molecule has 0 N–H and O–H groups in total. The summed E-state index contributed by atoms with van der Waals surface area (Å²) in [7, 11) is 0. The van der Waals surface area contributed by atoms with Crippen LogP contribution in [-0.2, 0) is 17.0 Å². The monoisotopic (exact) mass is 364 g/mol. The quantitative estimate of drug-likeness (QED) is 0.634. The lowest BCUT2D eigenvalue weighted by atomic mass is 10.2. The highest BCUT2D eigenvalue weighted by molar-refractivity contribution is 7.98. The highest BCUT2D eigenvalue weighted by Gasteiger charge is 2.19. The van der Waals surface area contributed by atoms with Gasteiger partial charge in [-0.2, -0.15) is 0 Å². The molecule has 0 aliphatic carbocycles. The van der Waals surface area contributed by atoms with Crippen molar-refractivity contribution in [2.45, 2.75) is 43.3 Å². The first-order chi connectivity index (χ1) is 11.7. The Labute approximate surface area is 145 Å². The van der Waals surface area contributed by atoms with Crippen molar-refractivity contribution < 1.29 is 4.74 Å². The van der Waals surface area contributed by atoms with Gasteiger partial charge in [0.1, 0.15) is 0 Å². The Kier molecular flexibility index (Phi) is 4.33. The van der Waals surface area contributed by atoms with Crippen molar-refractivity contribution >= 4 is 28.1 Å². The second-order valence-corrected chi connectivity index (χ2v) is 7.43. The summed E-state index contributed by atoms with van der Waals surface area (Å²) in [5, 5.41) is 14.5. The van der Waals surface area contributed by atoms with Crippen LogP contribution in [0.4, 0.5) is 0 Å². The lowest BCUT2D eigenvalue weighted by Crippen LogP contribution is -2.17. The van der Waals surface area contributed by atoms with Crippen molar-refractivity contribution in [1.29, 1.82) is 0 Å². The van der Waals surface area contributed by atoms with Gasteiger partial charge in [0.2, 0.25) is 5.16 Å². The molecule has 0 aromatic carbocycles.